The molecule has 0 unspecified atom stereocenters. The molecule has 1 aliphatic carbocycles. The second-order valence-corrected chi connectivity index (χ2v) is 2.11. The van der Waals surface area contributed by atoms with E-state index in [1.807, 2.05) is 13.0 Å². The molecule has 0 amide bonds. The molecule has 40 valence electrons. The number of alkyl halides is 1. The minimum Gasteiger partial charge on any atom is -0.243 e. The fourth-order valence-corrected chi connectivity index (χ4v) is 0.823. The highest BCUT2D eigenvalue weighted by atomic mass is 19.1. The molecular weight excluding hydrogens is 91.1 g/mol. The summed E-state index contributed by atoms with van der Waals surface area (Å²) in [6.07, 6.45) is 3.59. The lowest BCUT2D eigenvalue weighted by molar-refractivity contribution is 0.373. The van der Waals surface area contributed by atoms with Gasteiger partial charge in [0.05, 0.1) is 0 Å². The van der Waals surface area contributed by atoms with Crippen molar-refractivity contribution in [3.05, 3.63) is 12.2 Å². The summed E-state index contributed by atoms with van der Waals surface area (Å²) >= 11 is 0. The van der Waals surface area contributed by atoms with Gasteiger partial charge in [-0.3, -0.25) is 0 Å². The summed E-state index contributed by atoms with van der Waals surface area (Å²) in [7, 11) is 0. The molecule has 1 aliphatic rings. The Kier molecular flexibility index (Phi) is 1.13. The zero-order chi connectivity index (χ0) is 5.28. The second kappa shape index (κ2) is 1.65. The van der Waals surface area contributed by atoms with Crippen LogP contribution in [0.25, 0.3) is 0 Å². The van der Waals surface area contributed by atoms with E-state index >= 15 is 0 Å². The van der Waals surface area contributed by atoms with Crippen molar-refractivity contribution in [3.8, 4) is 0 Å². The number of allylic oxidation sites excluding steroid dienone is 2. The third-order valence-electron chi connectivity index (χ3n) is 1.25. The lowest BCUT2D eigenvalue weighted by Gasteiger charge is -1.94. The molecule has 1 heteroatoms. The zero-order valence-corrected chi connectivity index (χ0v) is 4.39. The Balaban J connectivity index is 2.42. The standard InChI is InChI=1S/C6H9F/c1-5-2-3-6(7)4-5/h2-3,5-6H,4H2,1H3/t5-,6+/m1/s1. The van der Waals surface area contributed by atoms with Crippen molar-refractivity contribution in [3.63, 3.8) is 0 Å². The lowest BCUT2D eigenvalue weighted by atomic mass is 10.2. The maximum atomic E-state index is 12.1. The SMILES string of the molecule is C[C@@H]1C=C[C@H](F)C1. The van der Waals surface area contributed by atoms with Crippen molar-refractivity contribution in [1.29, 1.82) is 0 Å². The van der Waals surface area contributed by atoms with Crippen LogP contribution in [0.4, 0.5) is 4.39 Å². The summed E-state index contributed by atoms with van der Waals surface area (Å²) in [6.45, 7) is 2.02. The van der Waals surface area contributed by atoms with Crippen LogP contribution < -0.4 is 0 Å². The first-order valence-electron chi connectivity index (χ1n) is 2.61. The average molecular weight is 100 g/mol. The molecule has 0 aromatic rings. The molecule has 0 bridgehead atoms. The van der Waals surface area contributed by atoms with Crippen molar-refractivity contribution in [2.45, 2.75) is 19.5 Å². The largest absolute Gasteiger partial charge is 0.243 e. The first-order chi connectivity index (χ1) is 3.29. The Hall–Kier alpha value is -0.330. The molecule has 0 aromatic carbocycles. The fraction of sp³-hybridized carbons (Fsp3) is 0.667. The van der Waals surface area contributed by atoms with E-state index in [4.69, 9.17) is 0 Å². The molecule has 0 N–H and O–H groups in total. The van der Waals surface area contributed by atoms with Crippen LogP contribution in [-0.4, -0.2) is 6.17 Å². The minimum absolute atomic E-state index is 0.468. The van der Waals surface area contributed by atoms with Gasteiger partial charge in [-0.15, -0.1) is 0 Å². The van der Waals surface area contributed by atoms with E-state index in [-0.39, 0.29) is 0 Å². The van der Waals surface area contributed by atoms with Gasteiger partial charge in [-0.25, -0.2) is 4.39 Å². The van der Waals surface area contributed by atoms with Crippen LogP contribution >= 0.6 is 0 Å². The molecule has 2 atom stereocenters. The van der Waals surface area contributed by atoms with Crippen molar-refractivity contribution < 1.29 is 4.39 Å². The molecule has 0 aromatic heterocycles. The van der Waals surface area contributed by atoms with Gasteiger partial charge in [0, 0.05) is 0 Å². The number of halogens is 1. The first-order valence-corrected chi connectivity index (χ1v) is 2.61. The molecule has 7 heavy (non-hydrogen) atoms. The predicted molar refractivity (Wildman–Crippen MR) is 27.8 cm³/mol. The summed E-state index contributed by atoms with van der Waals surface area (Å²) in [4.78, 5) is 0. The van der Waals surface area contributed by atoms with Gasteiger partial charge < -0.3 is 0 Å². The summed E-state index contributed by atoms with van der Waals surface area (Å²) in [5.74, 6) is 0.468. The van der Waals surface area contributed by atoms with Crippen LogP contribution in [0.15, 0.2) is 12.2 Å². The zero-order valence-electron chi connectivity index (χ0n) is 4.39. The molecule has 0 fully saturated rings. The molecule has 0 aliphatic heterocycles. The Morgan fingerprint density at radius 3 is 2.43 bits per heavy atom. The van der Waals surface area contributed by atoms with Crippen LogP contribution in [0.5, 0.6) is 0 Å². The maximum absolute atomic E-state index is 12.1. The van der Waals surface area contributed by atoms with E-state index in [2.05, 4.69) is 0 Å². The first kappa shape index (κ1) is 4.82. The van der Waals surface area contributed by atoms with Gasteiger partial charge in [0.15, 0.2) is 0 Å². The Morgan fingerprint density at radius 1 is 1.57 bits per heavy atom. The summed E-state index contributed by atoms with van der Waals surface area (Å²) in [5.41, 5.74) is 0. The smallest absolute Gasteiger partial charge is 0.119 e. The second-order valence-electron chi connectivity index (χ2n) is 2.11. The molecular formula is C6H9F. The molecule has 0 radical (unpaired) electrons. The molecule has 0 saturated heterocycles. The van der Waals surface area contributed by atoms with Gasteiger partial charge in [-0.05, 0) is 12.3 Å². The third-order valence-corrected chi connectivity index (χ3v) is 1.25. The van der Waals surface area contributed by atoms with E-state index in [0.29, 0.717) is 12.3 Å². The van der Waals surface area contributed by atoms with Crippen LogP contribution in [0.1, 0.15) is 13.3 Å². The molecule has 0 saturated carbocycles. The van der Waals surface area contributed by atoms with Crippen LogP contribution in [0, 0.1) is 5.92 Å². The van der Waals surface area contributed by atoms with Crippen LogP contribution in [-0.2, 0) is 0 Å². The summed E-state index contributed by atoms with van der Waals surface area (Å²) in [6, 6.07) is 0. The van der Waals surface area contributed by atoms with Gasteiger partial charge in [-0.2, -0.15) is 0 Å². The van der Waals surface area contributed by atoms with E-state index in [1.165, 1.54) is 0 Å². The lowest BCUT2D eigenvalue weighted by Crippen LogP contribution is -1.91. The van der Waals surface area contributed by atoms with Gasteiger partial charge in [-0.1, -0.05) is 19.1 Å². The Morgan fingerprint density at radius 2 is 2.29 bits per heavy atom. The van der Waals surface area contributed by atoms with E-state index in [1.54, 1.807) is 6.08 Å². The Labute approximate surface area is 43.0 Å². The monoisotopic (exact) mass is 100 g/mol. The van der Waals surface area contributed by atoms with Gasteiger partial charge in [0.2, 0.25) is 0 Å². The fourth-order valence-electron chi connectivity index (χ4n) is 0.823. The van der Waals surface area contributed by atoms with Gasteiger partial charge >= 0.3 is 0 Å². The summed E-state index contributed by atoms with van der Waals surface area (Å²) < 4.78 is 12.1. The molecule has 0 nitrogen and oxygen atoms in total. The summed E-state index contributed by atoms with van der Waals surface area (Å²) in [5, 5.41) is 0. The average Bonchev–Trinajstić information content (AvgIpc) is 1.87. The molecule has 0 heterocycles. The van der Waals surface area contributed by atoms with Crippen molar-refractivity contribution in [2.24, 2.45) is 5.92 Å². The topological polar surface area (TPSA) is 0 Å². The number of hydrogen-bond acceptors (Lipinski definition) is 0. The number of rotatable bonds is 0. The normalized spacial score (nSPS) is 39.7. The van der Waals surface area contributed by atoms with E-state index in [0.717, 1.165) is 0 Å². The minimum atomic E-state index is -0.657. The van der Waals surface area contributed by atoms with Crippen molar-refractivity contribution in [2.75, 3.05) is 0 Å². The molecule has 1 rings (SSSR count). The van der Waals surface area contributed by atoms with Crippen molar-refractivity contribution >= 4 is 0 Å². The van der Waals surface area contributed by atoms with Crippen LogP contribution in [0.2, 0.25) is 0 Å². The van der Waals surface area contributed by atoms with Gasteiger partial charge in [0.1, 0.15) is 6.17 Å². The van der Waals surface area contributed by atoms with Crippen LogP contribution in [0.3, 0.4) is 0 Å². The van der Waals surface area contributed by atoms with Gasteiger partial charge in [0.25, 0.3) is 0 Å². The quantitative estimate of drug-likeness (QED) is 0.408. The highest BCUT2D eigenvalue weighted by Crippen LogP contribution is 2.18. The van der Waals surface area contributed by atoms with E-state index < -0.39 is 6.17 Å². The highest BCUT2D eigenvalue weighted by molar-refractivity contribution is 5.00. The molecule has 0 spiro atoms. The van der Waals surface area contributed by atoms with E-state index in [9.17, 15) is 4.39 Å². The maximum Gasteiger partial charge on any atom is 0.119 e. The highest BCUT2D eigenvalue weighted by Gasteiger charge is 2.12. The Bertz CT molecular complexity index is 76.2. The number of hydrogen-bond donors (Lipinski definition) is 0. The predicted octanol–water partition coefficient (Wildman–Crippen LogP) is 1.92. The third kappa shape index (κ3) is 1.02. The van der Waals surface area contributed by atoms with Crippen molar-refractivity contribution in [1.82, 2.24) is 0 Å².